The lowest BCUT2D eigenvalue weighted by atomic mass is 10.0. The molecule has 19 heavy (non-hydrogen) atoms. The van der Waals surface area contributed by atoms with Gasteiger partial charge in [-0.25, -0.2) is 18.1 Å². The quantitative estimate of drug-likeness (QED) is 0.857. The molecule has 0 atom stereocenters. The number of aromatic nitrogens is 1. The molecule has 0 aliphatic heterocycles. The smallest absolute Gasteiger partial charge is 0.258 e. The lowest BCUT2D eigenvalue weighted by Gasteiger charge is -2.24. The summed E-state index contributed by atoms with van der Waals surface area (Å²) in [5.41, 5.74) is 0.651. The molecule has 0 amide bonds. The van der Waals surface area contributed by atoms with Crippen LogP contribution in [0.2, 0.25) is 0 Å². The maximum absolute atomic E-state index is 12.3. The van der Waals surface area contributed by atoms with Gasteiger partial charge in [-0.05, 0) is 38.4 Å². The average Bonchev–Trinajstić information content (AvgIpc) is 2.76. The van der Waals surface area contributed by atoms with Gasteiger partial charge in [0.2, 0.25) is 0 Å². The molecule has 0 saturated heterocycles. The largest absolute Gasteiger partial charge is 0.316 e. The molecule has 106 valence electrons. The summed E-state index contributed by atoms with van der Waals surface area (Å²) in [6, 6.07) is 3.35. The molecule has 1 aromatic rings. The van der Waals surface area contributed by atoms with Crippen molar-refractivity contribution in [3.8, 4) is 0 Å². The fourth-order valence-electron chi connectivity index (χ4n) is 2.51. The van der Waals surface area contributed by atoms with E-state index >= 15 is 0 Å². The van der Waals surface area contributed by atoms with E-state index in [1.807, 2.05) is 14.0 Å². The first-order valence-electron chi connectivity index (χ1n) is 6.59. The van der Waals surface area contributed by atoms with E-state index in [0.717, 1.165) is 31.2 Å². The van der Waals surface area contributed by atoms with Gasteiger partial charge < -0.3 is 5.32 Å². The topological polar surface area (TPSA) is 71.1 Å². The van der Waals surface area contributed by atoms with Crippen LogP contribution in [0.5, 0.6) is 0 Å². The minimum Gasteiger partial charge on any atom is -0.316 e. The van der Waals surface area contributed by atoms with Gasteiger partial charge in [-0.2, -0.15) is 0 Å². The fourth-order valence-corrected chi connectivity index (χ4v) is 3.91. The molecule has 0 aromatic carbocycles. The molecule has 0 bridgehead atoms. The van der Waals surface area contributed by atoms with Crippen LogP contribution in [-0.2, 0) is 16.6 Å². The van der Waals surface area contributed by atoms with Gasteiger partial charge in [0.05, 0.1) is 0 Å². The number of nitrogens with one attached hydrogen (secondary N) is 2. The zero-order valence-corrected chi connectivity index (χ0v) is 12.3. The third-order valence-electron chi connectivity index (χ3n) is 3.54. The van der Waals surface area contributed by atoms with Crippen molar-refractivity contribution in [2.75, 3.05) is 7.05 Å². The fraction of sp³-hybridized carbons (Fsp3) is 0.615. The number of rotatable bonds is 5. The second-order valence-corrected chi connectivity index (χ2v) is 7.04. The molecule has 2 rings (SSSR count). The minimum absolute atomic E-state index is 0.0977. The number of sulfonamides is 1. The van der Waals surface area contributed by atoms with Crippen LogP contribution in [-0.4, -0.2) is 26.0 Å². The Hall–Kier alpha value is -0.980. The van der Waals surface area contributed by atoms with Gasteiger partial charge in [-0.1, -0.05) is 18.9 Å². The number of nitrogens with zero attached hydrogens (tertiary/aromatic N) is 1. The van der Waals surface area contributed by atoms with Crippen molar-refractivity contribution in [2.45, 2.75) is 49.7 Å². The normalized spacial score (nSPS) is 18.6. The van der Waals surface area contributed by atoms with Crippen LogP contribution in [0.15, 0.2) is 23.4 Å². The van der Waals surface area contributed by atoms with Crippen molar-refractivity contribution in [1.29, 1.82) is 0 Å². The molecule has 0 spiro atoms. The monoisotopic (exact) mass is 283 g/mol. The molecule has 0 unspecified atom stereocenters. The van der Waals surface area contributed by atoms with Gasteiger partial charge in [0.15, 0.2) is 5.03 Å². The zero-order valence-electron chi connectivity index (χ0n) is 11.4. The minimum atomic E-state index is -3.52. The van der Waals surface area contributed by atoms with Crippen molar-refractivity contribution in [3.63, 3.8) is 0 Å². The van der Waals surface area contributed by atoms with Gasteiger partial charge in [-0.3, -0.25) is 0 Å². The lowest BCUT2D eigenvalue weighted by molar-refractivity contribution is 0.426. The van der Waals surface area contributed by atoms with E-state index < -0.39 is 10.0 Å². The number of hydrogen-bond acceptors (Lipinski definition) is 4. The van der Waals surface area contributed by atoms with Crippen LogP contribution in [0.4, 0.5) is 0 Å². The first kappa shape index (κ1) is 14.4. The Balaban J connectivity index is 2.15. The Labute approximate surface area is 114 Å². The third-order valence-corrected chi connectivity index (χ3v) is 5.10. The van der Waals surface area contributed by atoms with Gasteiger partial charge in [0, 0.05) is 18.3 Å². The van der Waals surface area contributed by atoms with Crippen LogP contribution in [0.25, 0.3) is 0 Å². The van der Waals surface area contributed by atoms with Crippen LogP contribution < -0.4 is 10.0 Å². The summed E-state index contributed by atoms with van der Waals surface area (Å²) >= 11 is 0. The Kier molecular flexibility index (Phi) is 4.23. The number of hydrogen-bond donors (Lipinski definition) is 2. The predicted octanol–water partition coefficient (Wildman–Crippen LogP) is 1.41. The van der Waals surface area contributed by atoms with Crippen molar-refractivity contribution in [1.82, 2.24) is 15.0 Å². The first-order chi connectivity index (χ1) is 8.95. The molecule has 6 heteroatoms. The highest BCUT2D eigenvalue weighted by Gasteiger charge is 2.33. The highest BCUT2D eigenvalue weighted by Crippen LogP contribution is 2.30. The second kappa shape index (κ2) is 5.56. The summed E-state index contributed by atoms with van der Waals surface area (Å²) in [4.78, 5) is 4.05. The molecule has 1 aromatic heterocycles. The molecule has 2 N–H and O–H groups in total. The number of pyridine rings is 1. The highest BCUT2D eigenvalue weighted by molar-refractivity contribution is 7.89. The van der Waals surface area contributed by atoms with Gasteiger partial charge >= 0.3 is 0 Å². The Morgan fingerprint density at radius 2 is 2.00 bits per heavy atom. The molecule has 1 aliphatic rings. The summed E-state index contributed by atoms with van der Waals surface area (Å²) in [5, 5.41) is 3.10. The molecule has 0 radical (unpaired) electrons. The average molecular weight is 283 g/mol. The molecule has 5 nitrogen and oxygen atoms in total. The molecule has 1 saturated carbocycles. The molecule has 1 aliphatic carbocycles. The second-order valence-electron chi connectivity index (χ2n) is 5.41. The van der Waals surface area contributed by atoms with Crippen LogP contribution in [0, 0.1) is 0 Å². The van der Waals surface area contributed by atoms with E-state index in [0.29, 0.717) is 6.54 Å². The van der Waals surface area contributed by atoms with Gasteiger partial charge in [0.25, 0.3) is 10.0 Å². The molecular weight excluding hydrogens is 262 g/mol. The standard InChI is InChI=1S/C13H21N3O2S/c1-13(7-3-4-8-13)16-19(17,18)12-6-5-11(9-14-2)10-15-12/h5-6,10,14,16H,3-4,7-9H2,1-2H3. The van der Waals surface area contributed by atoms with E-state index in [9.17, 15) is 8.42 Å². The molecular formula is C13H21N3O2S. The lowest BCUT2D eigenvalue weighted by Crippen LogP contribution is -2.43. The van der Waals surface area contributed by atoms with E-state index in [4.69, 9.17) is 0 Å². The van der Waals surface area contributed by atoms with E-state index in [-0.39, 0.29) is 10.6 Å². The summed E-state index contributed by atoms with van der Waals surface area (Å²) in [7, 11) is -1.67. The third kappa shape index (κ3) is 3.52. The summed E-state index contributed by atoms with van der Waals surface area (Å²) in [6.45, 7) is 2.64. The molecule has 1 fully saturated rings. The van der Waals surface area contributed by atoms with Crippen molar-refractivity contribution in [3.05, 3.63) is 23.9 Å². The van der Waals surface area contributed by atoms with Gasteiger partial charge in [-0.15, -0.1) is 0 Å². The van der Waals surface area contributed by atoms with Crippen LogP contribution in [0.1, 0.15) is 38.2 Å². The zero-order chi connectivity index (χ0) is 13.9. The van der Waals surface area contributed by atoms with E-state index in [2.05, 4.69) is 15.0 Å². The first-order valence-corrected chi connectivity index (χ1v) is 8.07. The summed E-state index contributed by atoms with van der Waals surface area (Å²) < 4.78 is 27.3. The van der Waals surface area contributed by atoms with Gasteiger partial charge in [0.1, 0.15) is 0 Å². The maximum atomic E-state index is 12.3. The van der Waals surface area contributed by atoms with E-state index in [1.165, 1.54) is 0 Å². The Morgan fingerprint density at radius 1 is 1.32 bits per heavy atom. The highest BCUT2D eigenvalue weighted by atomic mass is 32.2. The SMILES string of the molecule is CNCc1ccc(S(=O)(=O)NC2(C)CCCC2)nc1. The predicted molar refractivity (Wildman–Crippen MR) is 74.2 cm³/mol. The van der Waals surface area contributed by atoms with Crippen molar-refractivity contribution in [2.24, 2.45) is 0 Å². The van der Waals surface area contributed by atoms with E-state index in [1.54, 1.807) is 18.3 Å². The van der Waals surface area contributed by atoms with Crippen LogP contribution in [0.3, 0.4) is 0 Å². The Morgan fingerprint density at radius 3 is 2.53 bits per heavy atom. The van der Waals surface area contributed by atoms with Crippen molar-refractivity contribution < 1.29 is 8.42 Å². The maximum Gasteiger partial charge on any atom is 0.258 e. The Bertz CT molecular complexity index is 519. The summed E-state index contributed by atoms with van der Waals surface area (Å²) in [5.74, 6) is 0. The van der Waals surface area contributed by atoms with Crippen molar-refractivity contribution >= 4 is 10.0 Å². The van der Waals surface area contributed by atoms with Crippen LogP contribution >= 0.6 is 0 Å². The molecule has 1 heterocycles. The summed E-state index contributed by atoms with van der Waals surface area (Å²) in [6.07, 6.45) is 5.54.